The number of thiophene rings is 1. The van der Waals surface area contributed by atoms with Crippen LogP contribution in [-0.2, 0) is 27.3 Å². The third kappa shape index (κ3) is 4.23. The van der Waals surface area contributed by atoms with Gasteiger partial charge in [0.05, 0.1) is 37.5 Å². The van der Waals surface area contributed by atoms with Crippen LogP contribution in [0.2, 0.25) is 0 Å². The number of aryl methyl sites for hydroxylation is 2. The van der Waals surface area contributed by atoms with Crippen LogP contribution >= 0.6 is 11.3 Å². The first-order valence-corrected chi connectivity index (χ1v) is 8.94. The Morgan fingerprint density at radius 2 is 2.38 bits per heavy atom. The van der Waals surface area contributed by atoms with E-state index in [9.17, 15) is 4.79 Å². The molecular weight excluding hydrogens is 328 g/mol. The van der Waals surface area contributed by atoms with Crippen molar-refractivity contribution in [3.63, 3.8) is 0 Å². The molecule has 0 radical (unpaired) electrons. The van der Waals surface area contributed by atoms with Gasteiger partial charge < -0.3 is 19.3 Å². The number of aromatic nitrogens is 1. The minimum Gasteiger partial charge on any atom is -0.379 e. The highest BCUT2D eigenvalue weighted by Crippen LogP contribution is 2.19. The minimum atomic E-state index is -0.133. The summed E-state index contributed by atoms with van der Waals surface area (Å²) in [4.78, 5) is 13.3. The average Bonchev–Trinajstić information content (AvgIpc) is 3.17. The van der Waals surface area contributed by atoms with E-state index in [-0.39, 0.29) is 18.1 Å². The molecule has 2 aromatic rings. The van der Waals surface area contributed by atoms with Crippen LogP contribution in [0.4, 0.5) is 0 Å². The molecular formula is C17H22N2O4S. The largest absolute Gasteiger partial charge is 0.379 e. The Morgan fingerprint density at radius 3 is 3.08 bits per heavy atom. The summed E-state index contributed by atoms with van der Waals surface area (Å²) in [5.41, 5.74) is 1.82. The van der Waals surface area contributed by atoms with Gasteiger partial charge in [0, 0.05) is 17.0 Å². The molecule has 6 nitrogen and oxygen atoms in total. The van der Waals surface area contributed by atoms with Crippen LogP contribution in [0.25, 0.3) is 0 Å². The van der Waals surface area contributed by atoms with Crippen molar-refractivity contribution < 1.29 is 18.8 Å². The molecule has 0 aliphatic carbocycles. The molecule has 3 rings (SSSR count). The van der Waals surface area contributed by atoms with Gasteiger partial charge in [-0.05, 0) is 31.7 Å². The van der Waals surface area contributed by atoms with Gasteiger partial charge in [-0.2, -0.15) is 0 Å². The number of ether oxygens (including phenoxy) is 2. The van der Waals surface area contributed by atoms with E-state index < -0.39 is 0 Å². The molecule has 7 heteroatoms. The van der Waals surface area contributed by atoms with Crippen molar-refractivity contribution in [2.75, 3.05) is 13.2 Å². The Bertz CT molecular complexity index is 649. The van der Waals surface area contributed by atoms with Gasteiger partial charge >= 0.3 is 0 Å². The summed E-state index contributed by atoms with van der Waals surface area (Å²) in [5.74, 6) is 0.775. The van der Waals surface area contributed by atoms with Crippen molar-refractivity contribution in [2.24, 2.45) is 0 Å². The maximum atomic E-state index is 12.2. The molecule has 130 valence electrons. The quantitative estimate of drug-likeness (QED) is 0.866. The Hall–Kier alpha value is -1.70. The monoisotopic (exact) mass is 350 g/mol. The molecule has 1 N–H and O–H groups in total. The van der Waals surface area contributed by atoms with Crippen LogP contribution in [-0.4, -0.2) is 36.4 Å². The van der Waals surface area contributed by atoms with Gasteiger partial charge in [-0.1, -0.05) is 11.2 Å². The summed E-state index contributed by atoms with van der Waals surface area (Å²) in [5, 5.41) is 8.96. The van der Waals surface area contributed by atoms with E-state index in [0.29, 0.717) is 26.2 Å². The van der Waals surface area contributed by atoms with E-state index in [2.05, 4.69) is 10.5 Å². The zero-order valence-electron chi connectivity index (χ0n) is 13.9. The molecule has 3 heterocycles. The number of amides is 1. The molecule has 24 heavy (non-hydrogen) atoms. The summed E-state index contributed by atoms with van der Waals surface area (Å²) in [6, 6.07) is 3.78. The Morgan fingerprint density at radius 1 is 1.50 bits per heavy atom. The average molecular weight is 350 g/mol. The van der Waals surface area contributed by atoms with Crippen molar-refractivity contribution in [3.05, 3.63) is 39.4 Å². The van der Waals surface area contributed by atoms with Crippen molar-refractivity contribution in [3.8, 4) is 0 Å². The summed E-state index contributed by atoms with van der Waals surface area (Å²) in [6.07, 6.45) is 1.08. The first-order valence-electron chi connectivity index (χ1n) is 8.06. The highest BCUT2D eigenvalue weighted by molar-refractivity contribution is 7.10. The highest BCUT2D eigenvalue weighted by atomic mass is 32.1. The first kappa shape index (κ1) is 17.1. The molecule has 2 atom stereocenters. The van der Waals surface area contributed by atoms with Crippen molar-refractivity contribution in [2.45, 2.75) is 45.4 Å². The molecule has 1 aliphatic heterocycles. The molecule has 1 aliphatic rings. The fraction of sp³-hybridized carbons (Fsp3) is 0.529. The van der Waals surface area contributed by atoms with Crippen LogP contribution < -0.4 is 5.32 Å². The molecule has 1 fully saturated rings. The van der Waals surface area contributed by atoms with Crippen molar-refractivity contribution >= 4 is 17.2 Å². The van der Waals surface area contributed by atoms with E-state index in [0.717, 1.165) is 28.3 Å². The highest BCUT2D eigenvalue weighted by Gasteiger charge is 2.28. The lowest BCUT2D eigenvalue weighted by molar-refractivity contribution is -0.125. The number of hydrogen-bond donors (Lipinski definition) is 1. The maximum Gasteiger partial charge on any atom is 0.225 e. The van der Waals surface area contributed by atoms with Crippen LogP contribution in [0.1, 0.15) is 28.3 Å². The van der Waals surface area contributed by atoms with Crippen molar-refractivity contribution in [1.29, 1.82) is 0 Å². The molecule has 0 spiro atoms. The summed E-state index contributed by atoms with van der Waals surface area (Å²) >= 11 is 1.59. The van der Waals surface area contributed by atoms with E-state index in [1.165, 1.54) is 0 Å². The van der Waals surface area contributed by atoms with Gasteiger partial charge in [0.1, 0.15) is 5.76 Å². The van der Waals surface area contributed by atoms with Crippen LogP contribution in [0, 0.1) is 13.8 Å². The Kier molecular flexibility index (Phi) is 5.65. The minimum absolute atomic E-state index is 0.00103. The SMILES string of the molecule is Cc1noc(C)c1CO[C@H]1CCOC[C@H]1NC(=O)Cc1cccs1. The summed E-state index contributed by atoms with van der Waals surface area (Å²) in [7, 11) is 0. The predicted octanol–water partition coefficient (Wildman–Crippen LogP) is 2.39. The number of hydrogen-bond acceptors (Lipinski definition) is 6. The molecule has 1 amide bonds. The lowest BCUT2D eigenvalue weighted by Gasteiger charge is -2.32. The number of nitrogens with one attached hydrogen (secondary N) is 1. The molecule has 2 aromatic heterocycles. The second-order valence-electron chi connectivity index (χ2n) is 5.95. The molecule has 0 saturated carbocycles. The molecule has 0 bridgehead atoms. The van der Waals surface area contributed by atoms with Gasteiger partial charge in [-0.3, -0.25) is 4.79 Å². The number of carbonyl (C=O) groups is 1. The fourth-order valence-electron chi connectivity index (χ4n) is 2.78. The number of rotatable bonds is 6. The van der Waals surface area contributed by atoms with E-state index in [4.69, 9.17) is 14.0 Å². The van der Waals surface area contributed by atoms with Crippen LogP contribution in [0.5, 0.6) is 0 Å². The zero-order chi connectivity index (χ0) is 16.9. The summed E-state index contributed by atoms with van der Waals surface area (Å²) < 4.78 is 16.7. The Labute approximate surface area is 145 Å². The second-order valence-corrected chi connectivity index (χ2v) is 6.98. The van der Waals surface area contributed by atoms with Gasteiger partial charge in [0.15, 0.2) is 0 Å². The van der Waals surface area contributed by atoms with Gasteiger partial charge in [-0.15, -0.1) is 11.3 Å². The Balaban J connectivity index is 1.56. The fourth-order valence-corrected chi connectivity index (χ4v) is 3.48. The maximum absolute atomic E-state index is 12.2. The normalized spacial score (nSPS) is 20.9. The van der Waals surface area contributed by atoms with Gasteiger partial charge in [0.25, 0.3) is 0 Å². The molecule has 0 unspecified atom stereocenters. The third-order valence-electron chi connectivity index (χ3n) is 4.18. The van der Waals surface area contributed by atoms with Crippen LogP contribution in [0.15, 0.2) is 22.0 Å². The number of carbonyl (C=O) groups excluding carboxylic acids is 1. The standard InChI is InChI=1S/C17H22N2O4S/c1-11-14(12(2)23-19-11)9-22-16-5-6-21-10-15(16)18-17(20)8-13-4-3-7-24-13/h3-4,7,15-16H,5-6,8-10H2,1-2H3,(H,18,20)/t15-,16+/m1/s1. The molecule has 1 saturated heterocycles. The smallest absolute Gasteiger partial charge is 0.225 e. The third-order valence-corrected chi connectivity index (χ3v) is 5.05. The van der Waals surface area contributed by atoms with Crippen LogP contribution in [0.3, 0.4) is 0 Å². The first-order chi connectivity index (χ1) is 11.6. The van der Waals surface area contributed by atoms with Crippen molar-refractivity contribution in [1.82, 2.24) is 10.5 Å². The van der Waals surface area contributed by atoms with E-state index in [1.54, 1.807) is 11.3 Å². The van der Waals surface area contributed by atoms with E-state index in [1.807, 2.05) is 31.4 Å². The van der Waals surface area contributed by atoms with Gasteiger partial charge in [-0.25, -0.2) is 0 Å². The topological polar surface area (TPSA) is 73.6 Å². The lowest BCUT2D eigenvalue weighted by Crippen LogP contribution is -2.50. The zero-order valence-corrected chi connectivity index (χ0v) is 14.7. The predicted molar refractivity (Wildman–Crippen MR) is 89.9 cm³/mol. The lowest BCUT2D eigenvalue weighted by atomic mass is 10.1. The summed E-state index contributed by atoms with van der Waals surface area (Å²) in [6.45, 7) is 5.33. The van der Waals surface area contributed by atoms with E-state index >= 15 is 0 Å². The molecule has 0 aromatic carbocycles. The second kappa shape index (κ2) is 7.92. The van der Waals surface area contributed by atoms with Gasteiger partial charge in [0.2, 0.25) is 5.91 Å². The number of nitrogens with zero attached hydrogens (tertiary/aromatic N) is 1.